The van der Waals surface area contributed by atoms with Crippen molar-refractivity contribution in [2.45, 2.75) is 12.1 Å². The molecular weight excluding hydrogens is 176 g/mol. The Morgan fingerprint density at radius 1 is 1.36 bits per heavy atom. The molecule has 1 heterocycles. The predicted molar refractivity (Wildman–Crippen MR) is 55.8 cm³/mol. The van der Waals surface area contributed by atoms with Gasteiger partial charge in [0, 0.05) is 25.7 Å². The Morgan fingerprint density at radius 3 is 2.57 bits per heavy atom. The summed E-state index contributed by atoms with van der Waals surface area (Å²) in [6, 6.07) is 10.0. The molecule has 76 valence electrons. The third-order valence-corrected chi connectivity index (χ3v) is 2.60. The van der Waals surface area contributed by atoms with Gasteiger partial charge in [0.05, 0.1) is 6.10 Å². The Kier molecular flexibility index (Phi) is 2.82. The van der Waals surface area contributed by atoms with Gasteiger partial charge in [-0.2, -0.15) is 0 Å². The molecule has 3 nitrogen and oxygen atoms in total. The molecule has 3 N–H and O–H groups in total. The summed E-state index contributed by atoms with van der Waals surface area (Å²) in [5.74, 6) is 0. The summed E-state index contributed by atoms with van der Waals surface area (Å²) in [6.45, 7) is 2.51. The molecule has 0 aliphatic carbocycles. The van der Waals surface area contributed by atoms with Crippen molar-refractivity contribution in [2.75, 3.05) is 19.6 Å². The minimum absolute atomic E-state index is 0.304. The zero-order valence-electron chi connectivity index (χ0n) is 8.13. The molecule has 0 spiro atoms. The highest BCUT2D eigenvalue weighted by molar-refractivity contribution is 5.17. The molecule has 14 heavy (non-hydrogen) atoms. The maximum absolute atomic E-state index is 9.86. The van der Waals surface area contributed by atoms with Gasteiger partial charge in [-0.3, -0.25) is 4.90 Å². The molecule has 3 heteroatoms. The van der Waals surface area contributed by atoms with Crippen LogP contribution in [0.2, 0.25) is 0 Å². The number of aliphatic hydroxyl groups is 1. The lowest BCUT2D eigenvalue weighted by atomic mass is 10.1. The average molecular weight is 192 g/mol. The van der Waals surface area contributed by atoms with Crippen LogP contribution in [0.3, 0.4) is 0 Å². The second-order valence-electron chi connectivity index (χ2n) is 3.91. The summed E-state index contributed by atoms with van der Waals surface area (Å²) in [5, 5.41) is 9.86. The van der Waals surface area contributed by atoms with Crippen LogP contribution in [0.15, 0.2) is 30.3 Å². The highest BCUT2D eigenvalue weighted by Gasteiger charge is 2.24. The minimum atomic E-state index is -0.385. The van der Waals surface area contributed by atoms with E-state index < -0.39 is 0 Å². The molecule has 1 unspecified atom stereocenters. The first-order valence-corrected chi connectivity index (χ1v) is 4.96. The SMILES string of the molecule is NC1CN(CC(O)c2ccccc2)C1. The van der Waals surface area contributed by atoms with E-state index in [1.807, 2.05) is 30.3 Å². The Hall–Kier alpha value is -0.900. The monoisotopic (exact) mass is 192 g/mol. The van der Waals surface area contributed by atoms with Gasteiger partial charge in [-0.05, 0) is 5.56 Å². The largest absolute Gasteiger partial charge is 0.387 e. The summed E-state index contributed by atoms with van der Waals surface area (Å²) in [7, 11) is 0. The van der Waals surface area contributed by atoms with Crippen molar-refractivity contribution in [3.8, 4) is 0 Å². The molecule has 0 bridgehead atoms. The van der Waals surface area contributed by atoms with E-state index in [9.17, 15) is 5.11 Å². The molecule has 0 radical (unpaired) electrons. The molecule has 1 fully saturated rings. The van der Waals surface area contributed by atoms with E-state index in [1.54, 1.807) is 0 Å². The lowest BCUT2D eigenvalue weighted by Crippen LogP contribution is -2.56. The number of β-amino-alcohol motifs (C(OH)–C–C–N with tert-alkyl or cyclic N) is 1. The number of benzene rings is 1. The summed E-state index contributed by atoms with van der Waals surface area (Å²) in [6.07, 6.45) is -0.385. The van der Waals surface area contributed by atoms with Gasteiger partial charge in [0.1, 0.15) is 0 Å². The van der Waals surface area contributed by atoms with Crippen LogP contribution >= 0.6 is 0 Å². The predicted octanol–water partition coefficient (Wildman–Crippen LogP) is 0.363. The van der Waals surface area contributed by atoms with Crippen molar-refractivity contribution in [1.82, 2.24) is 4.90 Å². The number of nitrogens with two attached hydrogens (primary N) is 1. The Balaban J connectivity index is 1.87. The summed E-state index contributed by atoms with van der Waals surface area (Å²) in [5.41, 5.74) is 6.64. The lowest BCUT2D eigenvalue weighted by molar-refractivity contribution is 0.0663. The van der Waals surface area contributed by atoms with Crippen molar-refractivity contribution < 1.29 is 5.11 Å². The fourth-order valence-electron chi connectivity index (χ4n) is 1.78. The molecule has 1 atom stereocenters. The van der Waals surface area contributed by atoms with Gasteiger partial charge in [-0.1, -0.05) is 30.3 Å². The first-order valence-electron chi connectivity index (χ1n) is 4.96. The van der Waals surface area contributed by atoms with E-state index in [2.05, 4.69) is 4.90 Å². The van der Waals surface area contributed by atoms with Crippen LogP contribution in [-0.2, 0) is 0 Å². The Labute approximate surface area is 84.1 Å². The van der Waals surface area contributed by atoms with E-state index in [0.717, 1.165) is 18.7 Å². The zero-order valence-corrected chi connectivity index (χ0v) is 8.13. The molecule has 0 saturated carbocycles. The van der Waals surface area contributed by atoms with Gasteiger partial charge >= 0.3 is 0 Å². The normalized spacial score (nSPS) is 20.4. The van der Waals surface area contributed by atoms with Crippen molar-refractivity contribution in [2.24, 2.45) is 5.73 Å². The quantitative estimate of drug-likeness (QED) is 0.727. The standard InChI is InChI=1S/C11H16N2O/c12-10-6-13(7-10)8-11(14)9-4-2-1-3-5-9/h1-5,10-11,14H,6-8,12H2. The van der Waals surface area contributed by atoms with Gasteiger partial charge in [0.2, 0.25) is 0 Å². The first-order chi connectivity index (χ1) is 6.75. The van der Waals surface area contributed by atoms with Gasteiger partial charge in [0.25, 0.3) is 0 Å². The molecule has 1 aromatic carbocycles. The van der Waals surface area contributed by atoms with Crippen LogP contribution in [0.25, 0.3) is 0 Å². The maximum atomic E-state index is 9.86. The molecule has 1 aromatic rings. The Bertz CT molecular complexity index is 283. The van der Waals surface area contributed by atoms with Gasteiger partial charge < -0.3 is 10.8 Å². The average Bonchev–Trinajstić information content (AvgIpc) is 2.17. The second kappa shape index (κ2) is 4.09. The Morgan fingerprint density at radius 2 is 2.00 bits per heavy atom. The molecule has 0 amide bonds. The lowest BCUT2D eigenvalue weighted by Gasteiger charge is -2.38. The fourth-order valence-corrected chi connectivity index (χ4v) is 1.78. The summed E-state index contributed by atoms with van der Waals surface area (Å²) < 4.78 is 0. The topological polar surface area (TPSA) is 49.5 Å². The summed E-state index contributed by atoms with van der Waals surface area (Å²) >= 11 is 0. The maximum Gasteiger partial charge on any atom is 0.0916 e. The number of hydrogen-bond donors (Lipinski definition) is 2. The molecule has 2 rings (SSSR count). The number of hydrogen-bond acceptors (Lipinski definition) is 3. The van der Waals surface area contributed by atoms with Gasteiger partial charge in [-0.15, -0.1) is 0 Å². The van der Waals surface area contributed by atoms with E-state index >= 15 is 0 Å². The van der Waals surface area contributed by atoms with Crippen molar-refractivity contribution in [3.05, 3.63) is 35.9 Å². The van der Waals surface area contributed by atoms with Crippen LogP contribution < -0.4 is 5.73 Å². The van der Waals surface area contributed by atoms with Gasteiger partial charge in [0.15, 0.2) is 0 Å². The van der Waals surface area contributed by atoms with E-state index in [4.69, 9.17) is 5.73 Å². The van der Waals surface area contributed by atoms with Crippen LogP contribution in [0.5, 0.6) is 0 Å². The number of nitrogens with zero attached hydrogens (tertiary/aromatic N) is 1. The molecule has 1 aliphatic rings. The van der Waals surface area contributed by atoms with Crippen LogP contribution in [0.1, 0.15) is 11.7 Å². The van der Waals surface area contributed by atoms with Crippen molar-refractivity contribution >= 4 is 0 Å². The van der Waals surface area contributed by atoms with Crippen LogP contribution in [0.4, 0.5) is 0 Å². The fraction of sp³-hybridized carbons (Fsp3) is 0.455. The minimum Gasteiger partial charge on any atom is -0.387 e. The molecular formula is C11H16N2O. The third-order valence-electron chi connectivity index (χ3n) is 2.60. The third kappa shape index (κ3) is 2.12. The molecule has 0 aromatic heterocycles. The summed E-state index contributed by atoms with van der Waals surface area (Å²) in [4.78, 5) is 2.17. The zero-order chi connectivity index (χ0) is 9.97. The smallest absolute Gasteiger partial charge is 0.0916 e. The number of likely N-dealkylation sites (tertiary alicyclic amines) is 1. The second-order valence-corrected chi connectivity index (χ2v) is 3.91. The van der Waals surface area contributed by atoms with Crippen LogP contribution in [0, 0.1) is 0 Å². The molecule has 1 saturated heterocycles. The van der Waals surface area contributed by atoms with E-state index in [-0.39, 0.29) is 6.10 Å². The number of aliphatic hydroxyl groups excluding tert-OH is 1. The number of rotatable bonds is 3. The highest BCUT2D eigenvalue weighted by Crippen LogP contribution is 2.16. The van der Waals surface area contributed by atoms with E-state index in [0.29, 0.717) is 12.6 Å². The van der Waals surface area contributed by atoms with Gasteiger partial charge in [-0.25, -0.2) is 0 Å². The van der Waals surface area contributed by atoms with Crippen LogP contribution in [-0.4, -0.2) is 35.7 Å². The highest BCUT2D eigenvalue weighted by atomic mass is 16.3. The molecule has 1 aliphatic heterocycles. The van der Waals surface area contributed by atoms with Crippen molar-refractivity contribution in [1.29, 1.82) is 0 Å². The van der Waals surface area contributed by atoms with Crippen molar-refractivity contribution in [3.63, 3.8) is 0 Å². The van der Waals surface area contributed by atoms with E-state index in [1.165, 1.54) is 0 Å². The first kappa shape index (κ1) is 9.65.